The first-order valence-corrected chi connectivity index (χ1v) is 14.1. The highest BCUT2D eigenvalue weighted by atomic mass is 32.2. The summed E-state index contributed by atoms with van der Waals surface area (Å²) in [7, 11) is -3.56. The molecule has 11 heteroatoms. The first-order valence-electron chi connectivity index (χ1n) is 11.7. The van der Waals surface area contributed by atoms with E-state index in [1.165, 1.54) is 28.2 Å². The SMILES string of the molecule is Cc1cc2nnc(SCCC(=O)Nc3ccc(S(=O)(=O)N4CCOCC4)cc3)n2c2c(C)cccc12. The summed E-state index contributed by atoms with van der Waals surface area (Å²) in [5.74, 6) is 0.370. The number of hydrogen-bond acceptors (Lipinski definition) is 7. The van der Waals surface area contributed by atoms with Crippen LogP contribution in [-0.2, 0) is 19.6 Å². The number of amides is 1. The zero-order valence-electron chi connectivity index (χ0n) is 20.1. The zero-order chi connectivity index (χ0) is 25.3. The van der Waals surface area contributed by atoms with E-state index in [0.717, 1.165) is 32.8 Å². The Kier molecular flexibility index (Phi) is 6.98. The lowest BCUT2D eigenvalue weighted by atomic mass is 10.1. The minimum absolute atomic E-state index is 0.156. The van der Waals surface area contributed by atoms with Crippen LogP contribution in [0.5, 0.6) is 0 Å². The fraction of sp³-hybridized carbons (Fsp3) is 0.320. The lowest BCUT2D eigenvalue weighted by Crippen LogP contribution is -2.40. The Bertz CT molecular complexity index is 1530. The van der Waals surface area contributed by atoms with Gasteiger partial charge in [-0.05, 0) is 55.3 Å². The highest BCUT2D eigenvalue weighted by Gasteiger charge is 2.26. The number of sulfonamides is 1. The summed E-state index contributed by atoms with van der Waals surface area (Å²) in [6, 6.07) is 14.5. The Labute approximate surface area is 213 Å². The van der Waals surface area contributed by atoms with Crippen molar-refractivity contribution in [1.29, 1.82) is 0 Å². The molecule has 0 radical (unpaired) electrons. The maximum absolute atomic E-state index is 12.8. The van der Waals surface area contributed by atoms with Crippen molar-refractivity contribution in [1.82, 2.24) is 18.9 Å². The van der Waals surface area contributed by atoms with Crippen LogP contribution in [0.3, 0.4) is 0 Å². The highest BCUT2D eigenvalue weighted by Crippen LogP contribution is 2.28. The molecule has 0 unspecified atom stereocenters. The smallest absolute Gasteiger partial charge is 0.243 e. The van der Waals surface area contributed by atoms with Crippen LogP contribution in [0.25, 0.3) is 16.6 Å². The first kappa shape index (κ1) is 24.7. The lowest BCUT2D eigenvalue weighted by Gasteiger charge is -2.26. The van der Waals surface area contributed by atoms with Gasteiger partial charge in [-0.2, -0.15) is 4.31 Å². The molecule has 5 rings (SSSR count). The van der Waals surface area contributed by atoms with Crippen LogP contribution in [0.15, 0.2) is 58.6 Å². The third-order valence-electron chi connectivity index (χ3n) is 6.20. The number of hydrogen-bond donors (Lipinski definition) is 1. The number of pyridine rings is 1. The Hall–Kier alpha value is -2.99. The van der Waals surface area contributed by atoms with Crippen molar-refractivity contribution in [3.8, 4) is 0 Å². The number of morpholine rings is 1. The van der Waals surface area contributed by atoms with Crippen LogP contribution in [-0.4, -0.2) is 65.3 Å². The zero-order valence-corrected chi connectivity index (χ0v) is 21.7. The number of aromatic nitrogens is 3. The standard InChI is InChI=1S/C25H27N5O4S2/c1-17-4-3-5-21-18(2)16-22-27-28-25(30(22)24(17)21)35-15-10-23(31)26-19-6-8-20(9-7-19)36(32,33)29-11-13-34-14-12-29/h3-9,16H,10-15H2,1-2H3,(H,26,31). The molecule has 0 aliphatic carbocycles. The largest absolute Gasteiger partial charge is 0.379 e. The molecule has 1 N–H and O–H groups in total. The Morgan fingerprint density at radius 1 is 1.06 bits per heavy atom. The van der Waals surface area contributed by atoms with Crippen molar-refractivity contribution in [2.24, 2.45) is 0 Å². The van der Waals surface area contributed by atoms with Crippen LogP contribution in [0.2, 0.25) is 0 Å². The van der Waals surface area contributed by atoms with Crippen molar-refractivity contribution in [3.63, 3.8) is 0 Å². The number of fused-ring (bicyclic) bond motifs is 3. The van der Waals surface area contributed by atoms with Crippen LogP contribution >= 0.6 is 11.8 Å². The molecular formula is C25H27N5O4S2. The Balaban J connectivity index is 1.22. The minimum Gasteiger partial charge on any atom is -0.379 e. The second-order valence-electron chi connectivity index (χ2n) is 8.66. The second-order valence-corrected chi connectivity index (χ2v) is 11.7. The quantitative estimate of drug-likeness (QED) is 0.367. The van der Waals surface area contributed by atoms with Gasteiger partial charge in [0.1, 0.15) is 0 Å². The number of carbonyl (C=O) groups is 1. The van der Waals surface area contributed by atoms with Crippen LogP contribution < -0.4 is 5.32 Å². The van der Waals surface area contributed by atoms with Gasteiger partial charge in [0.2, 0.25) is 15.9 Å². The van der Waals surface area contributed by atoms with E-state index in [-0.39, 0.29) is 17.2 Å². The molecule has 0 saturated carbocycles. The summed E-state index contributed by atoms with van der Waals surface area (Å²) in [5, 5.41) is 13.4. The Morgan fingerprint density at radius 2 is 1.81 bits per heavy atom. The molecule has 2 aromatic heterocycles. The molecule has 0 spiro atoms. The van der Waals surface area contributed by atoms with Gasteiger partial charge in [0.05, 0.1) is 23.6 Å². The first-order chi connectivity index (χ1) is 17.3. The summed E-state index contributed by atoms with van der Waals surface area (Å²) in [4.78, 5) is 12.7. The number of para-hydroxylation sites is 1. The number of benzene rings is 2. The highest BCUT2D eigenvalue weighted by molar-refractivity contribution is 7.99. The normalized spacial score (nSPS) is 14.9. The van der Waals surface area contributed by atoms with E-state index in [1.807, 2.05) is 16.5 Å². The van der Waals surface area contributed by atoms with Crippen LogP contribution in [0.4, 0.5) is 5.69 Å². The maximum Gasteiger partial charge on any atom is 0.243 e. The van der Waals surface area contributed by atoms with E-state index in [9.17, 15) is 13.2 Å². The molecule has 4 aromatic rings. The third-order valence-corrected chi connectivity index (χ3v) is 9.04. The van der Waals surface area contributed by atoms with Crippen molar-refractivity contribution in [3.05, 3.63) is 59.7 Å². The fourth-order valence-corrected chi connectivity index (χ4v) is 6.62. The fourth-order valence-electron chi connectivity index (χ4n) is 4.33. The molecule has 0 bridgehead atoms. The number of nitrogens with zero attached hydrogens (tertiary/aromatic N) is 4. The monoisotopic (exact) mass is 525 g/mol. The van der Waals surface area contributed by atoms with Gasteiger partial charge in [-0.1, -0.05) is 30.0 Å². The molecule has 9 nitrogen and oxygen atoms in total. The molecule has 1 amide bonds. The van der Waals surface area contributed by atoms with E-state index < -0.39 is 10.0 Å². The molecule has 1 aliphatic rings. The van der Waals surface area contributed by atoms with E-state index >= 15 is 0 Å². The summed E-state index contributed by atoms with van der Waals surface area (Å²) in [6.45, 7) is 5.61. The summed E-state index contributed by atoms with van der Waals surface area (Å²) in [6.07, 6.45) is 0.274. The average Bonchev–Trinajstić information content (AvgIpc) is 3.27. The van der Waals surface area contributed by atoms with Gasteiger partial charge < -0.3 is 10.1 Å². The average molecular weight is 526 g/mol. The van der Waals surface area contributed by atoms with E-state index in [4.69, 9.17) is 4.74 Å². The van der Waals surface area contributed by atoms with Crippen molar-refractivity contribution >= 4 is 49.9 Å². The number of nitrogens with one attached hydrogen (secondary N) is 1. The van der Waals surface area contributed by atoms with Gasteiger partial charge in [0.15, 0.2) is 10.8 Å². The third kappa shape index (κ3) is 4.83. The van der Waals surface area contributed by atoms with Gasteiger partial charge >= 0.3 is 0 Å². The van der Waals surface area contributed by atoms with Gasteiger partial charge in [0, 0.05) is 36.3 Å². The molecule has 2 aromatic carbocycles. The lowest BCUT2D eigenvalue weighted by molar-refractivity contribution is -0.115. The van der Waals surface area contributed by atoms with E-state index in [0.29, 0.717) is 37.7 Å². The molecule has 3 heterocycles. The second kappa shape index (κ2) is 10.2. The number of rotatable bonds is 7. The number of anilines is 1. The number of ether oxygens (including phenoxy) is 1. The van der Waals surface area contributed by atoms with Crippen molar-refractivity contribution in [2.45, 2.75) is 30.3 Å². The molecule has 0 atom stereocenters. The molecule has 1 fully saturated rings. The summed E-state index contributed by atoms with van der Waals surface area (Å²) < 4.78 is 34.2. The predicted octanol–water partition coefficient (Wildman–Crippen LogP) is 3.64. The van der Waals surface area contributed by atoms with Crippen molar-refractivity contribution < 1.29 is 17.9 Å². The number of thioether (sulfide) groups is 1. The molecule has 188 valence electrons. The van der Waals surface area contributed by atoms with Gasteiger partial charge in [0.25, 0.3) is 0 Å². The molecular weight excluding hydrogens is 498 g/mol. The molecule has 36 heavy (non-hydrogen) atoms. The predicted molar refractivity (Wildman–Crippen MR) is 140 cm³/mol. The molecule has 1 aliphatic heterocycles. The topological polar surface area (TPSA) is 106 Å². The minimum atomic E-state index is -3.56. The van der Waals surface area contributed by atoms with Crippen LogP contribution in [0, 0.1) is 13.8 Å². The Morgan fingerprint density at radius 3 is 2.56 bits per heavy atom. The van der Waals surface area contributed by atoms with Crippen LogP contribution in [0.1, 0.15) is 17.5 Å². The van der Waals surface area contributed by atoms with E-state index in [1.54, 1.807) is 12.1 Å². The molecule has 1 saturated heterocycles. The van der Waals surface area contributed by atoms with Gasteiger partial charge in [-0.25, -0.2) is 8.42 Å². The number of aryl methyl sites for hydroxylation is 2. The van der Waals surface area contributed by atoms with Gasteiger partial charge in [-0.15, -0.1) is 10.2 Å². The number of carbonyl (C=O) groups excluding carboxylic acids is 1. The summed E-state index contributed by atoms with van der Waals surface area (Å²) >= 11 is 1.48. The van der Waals surface area contributed by atoms with E-state index in [2.05, 4.69) is 41.5 Å². The van der Waals surface area contributed by atoms with Crippen molar-refractivity contribution in [2.75, 3.05) is 37.4 Å². The van der Waals surface area contributed by atoms with Gasteiger partial charge in [-0.3, -0.25) is 9.20 Å². The summed E-state index contributed by atoms with van der Waals surface area (Å²) in [5.41, 5.74) is 4.70. The maximum atomic E-state index is 12.8.